The molecule has 9 nitrogen and oxygen atoms in total. The fourth-order valence-corrected chi connectivity index (χ4v) is 4.63. The molecule has 0 radical (unpaired) electrons. The lowest BCUT2D eigenvalue weighted by atomic mass is 9.59. The van der Waals surface area contributed by atoms with Gasteiger partial charge in [0.25, 0.3) is 5.91 Å². The molecule has 1 aliphatic carbocycles. The van der Waals surface area contributed by atoms with Crippen molar-refractivity contribution in [1.82, 2.24) is 30.1 Å². The van der Waals surface area contributed by atoms with E-state index in [0.29, 0.717) is 32.0 Å². The van der Waals surface area contributed by atoms with Crippen molar-refractivity contribution in [1.29, 1.82) is 0 Å². The van der Waals surface area contributed by atoms with Crippen LogP contribution < -0.4 is 5.32 Å². The maximum atomic E-state index is 12.6. The minimum atomic E-state index is -0.0666. The molecular formula is C19H30N6O3. The largest absolute Gasteiger partial charge is 0.378 e. The van der Waals surface area contributed by atoms with Gasteiger partial charge >= 0.3 is 6.03 Å². The molecule has 4 rings (SSSR count). The van der Waals surface area contributed by atoms with Crippen molar-refractivity contribution >= 4 is 11.9 Å². The molecule has 1 unspecified atom stereocenters. The van der Waals surface area contributed by atoms with E-state index in [1.54, 1.807) is 11.1 Å². The standard InChI is InChI=1S/C19H30N6O3/c1-14(2)20-18(27)24-7-5-19(6-8-24)4-3-16(19)25-13-15(21-22-25)17(26)23-9-11-28-12-10-23/h13-14,16H,3-12H2,1-2H3,(H,20,27). The van der Waals surface area contributed by atoms with Gasteiger partial charge in [-0.05, 0) is 44.9 Å². The van der Waals surface area contributed by atoms with Crippen LogP contribution in [0.25, 0.3) is 0 Å². The Morgan fingerprint density at radius 3 is 2.46 bits per heavy atom. The number of nitrogens with zero attached hydrogens (tertiary/aromatic N) is 5. The quantitative estimate of drug-likeness (QED) is 0.839. The molecule has 2 aliphatic heterocycles. The normalized spacial score (nSPS) is 24.3. The molecular weight excluding hydrogens is 360 g/mol. The van der Waals surface area contributed by atoms with Crippen LogP contribution in [0.15, 0.2) is 6.20 Å². The lowest BCUT2D eigenvalue weighted by Crippen LogP contribution is -2.53. The summed E-state index contributed by atoms with van der Waals surface area (Å²) in [6.07, 6.45) is 5.93. The van der Waals surface area contributed by atoms with E-state index in [-0.39, 0.29) is 29.4 Å². The van der Waals surface area contributed by atoms with Gasteiger partial charge in [-0.2, -0.15) is 0 Å². The summed E-state index contributed by atoms with van der Waals surface area (Å²) in [6, 6.07) is 0.443. The fourth-order valence-electron chi connectivity index (χ4n) is 4.63. The number of likely N-dealkylation sites (tertiary alicyclic amines) is 1. The number of carbonyl (C=O) groups is 2. The molecule has 1 aromatic heterocycles. The molecule has 9 heteroatoms. The minimum absolute atomic E-state index is 0.0277. The zero-order valence-electron chi connectivity index (χ0n) is 16.8. The monoisotopic (exact) mass is 390 g/mol. The van der Waals surface area contributed by atoms with E-state index in [1.165, 1.54) is 0 Å². The van der Waals surface area contributed by atoms with Crippen molar-refractivity contribution in [2.45, 2.75) is 51.6 Å². The molecule has 0 aromatic carbocycles. The molecule has 3 heterocycles. The first-order chi connectivity index (χ1) is 13.5. The van der Waals surface area contributed by atoms with E-state index in [2.05, 4.69) is 15.6 Å². The molecule has 3 fully saturated rings. The molecule has 154 valence electrons. The van der Waals surface area contributed by atoms with Crippen LogP contribution in [0, 0.1) is 5.41 Å². The Hall–Kier alpha value is -2.16. The molecule has 1 spiro atoms. The van der Waals surface area contributed by atoms with Crippen LogP contribution in [0.4, 0.5) is 4.79 Å². The second kappa shape index (κ2) is 7.69. The molecule has 1 atom stereocenters. The first-order valence-corrected chi connectivity index (χ1v) is 10.3. The van der Waals surface area contributed by atoms with Crippen LogP contribution in [0.1, 0.15) is 56.1 Å². The smallest absolute Gasteiger partial charge is 0.317 e. The predicted octanol–water partition coefficient (Wildman–Crippen LogP) is 1.29. The third-order valence-electron chi connectivity index (χ3n) is 6.43. The Labute approximate surface area is 165 Å². The van der Waals surface area contributed by atoms with Gasteiger partial charge in [0.05, 0.1) is 25.5 Å². The van der Waals surface area contributed by atoms with E-state index in [4.69, 9.17) is 4.74 Å². The Morgan fingerprint density at radius 1 is 1.14 bits per heavy atom. The maximum Gasteiger partial charge on any atom is 0.317 e. The Morgan fingerprint density at radius 2 is 1.86 bits per heavy atom. The fraction of sp³-hybridized carbons (Fsp3) is 0.789. The van der Waals surface area contributed by atoms with Gasteiger partial charge in [0.2, 0.25) is 0 Å². The highest BCUT2D eigenvalue weighted by Gasteiger charge is 2.50. The molecule has 2 saturated heterocycles. The Kier molecular flexibility index (Phi) is 5.27. The third kappa shape index (κ3) is 3.59. The van der Waals surface area contributed by atoms with Crippen LogP contribution >= 0.6 is 0 Å². The number of ether oxygens (including phenoxy) is 1. The summed E-state index contributed by atoms with van der Waals surface area (Å²) in [4.78, 5) is 28.6. The average molecular weight is 390 g/mol. The lowest BCUT2D eigenvalue weighted by molar-refractivity contribution is -0.0230. The van der Waals surface area contributed by atoms with Gasteiger partial charge in [-0.15, -0.1) is 5.10 Å². The zero-order valence-corrected chi connectivity index (χ0v) is 16.8. The number of piperidine rings is 1. The second-order valence-electron chi connectivity index (χ2n) is 8.50. The van der Waals surface area contributed by atoms with Gasteiger partial charge in [-0.1, -0.05) is 5.21 Å². The highest BCUT2D eigenvalue weighted by Crippen LogP contribution is 2.56. The van der Waals surface area contributed by atoms with E-state index in [1.807, 2.05) is 23.4 Å². The molecule has 0 bridgehead atoms. The van der Waals surface area contributed by atoms with Crippen LogP contribution in [0.5, 0.6) is 0 Å². The number of hydrogen-bond acceptors (Lipinski definition) is 5. The molecule has 1 saturated carbocycles. The third-order valence-corrected chi connectivity index (χ3v) is 6.43. The number of nitrogens with one attached hydrogen (secondary N) is 1. The Balaban J connectivity index is 1.38. The van der Waals surface area contributed by atoms with Crippen LogP contribution in [-0.2, 0) is 4.74 Å². The summed E-state index contributed by atoms with van der Waals surface area (Å²) in [6.45, 7) is 7.85. The summed E-state index contributed by atoms with van der Waals surface area (Å²) in [5, 5.41) is 11.4. The van der Waals surface area contributed by atoms with E-state index < -0.39 is 0 Å². The summed E-state index contributed by atoms with van der Waals surface area (Å²) < 4.78 is 7.20. The van der Waals surface area contributed by atoms with Crippen LogP contribution in [-0.4, -0.2) is 82.2 Å². The first-order valence-electron chi connectivity index (χ1n) is 10.3. The zero-order chi connectivity index (χ0) is 19.7. The molecule has 3 amide bonds. The number of rotatable bonds is 3. The van der Waals surface area contributed by atoms with Crippen molar-refractivity contribution in [3.63, 3.8) is 0 Å². The summed E-state index contributed by atoms with van der Waals surface area (Å²) in [5.74, 6) is -0.0666. The molecule has 28 heavy (non-hydrogen) atoms. The minimum Gasteiger partial charge on any atom is -0.378 e. The highest BCUT2D eigenvalue weighted by molar-refractivity contribution is 5.92. The summed E-state index contributed by atoms with van der Waals surface area (Å²) in [5.41, 5.74) is 0.583. The van der Waals surface area contributed by atoms with Crippen molar-refractivity contribution in [2.75, 3.05) is 39.4 Å². The number of aromatic nitrogens is 3. The SMILES string of the molecule is CC(C)NC(=O)N1CCC2(CCC2n2cc(C(=O)N3CCOCC3)nn2)CC1. The molecule has 1 N–H and O–H groups in total. The lowest BCUT2D eigenvalue weighted by Gasteiger charge is -2.53. The number of morpholine rings is 1. The van der Waals surface area contributed by atoms with Crippen LogP contribution in [0.2, 0.25) is 0 Å². The van der Waals surface area contributed by atoms with Gasteiger partial charge in [-0.3, -0.25) is 4.79 Å². The summed E-state index contributed by atoms with van der Waals surface area (Å²) >= 11 is 0. The topological polar surface area (TPSA) is 92.6 Å². The predicted molar refractivity (Wildman–Crippen MR) is 102 cm³/mol. The van der Waals surface area contributed by atoms with Crippen molar-refractivity contribution in [3.8, 4) is 0 Å². The number of carbonyl (C=O) groups excluding carboxylic acids is 2. The maximum absolute atomic E-state index is 12.6. The first kappa shape index (κ1) is 19.2. The van der Waals surface area contributed by atoms with Crippen LogP contribution in [0.3, 0.4) is 0 Å². The van der Waals surface area contributed by atoms with Gasteiger partial charge in [0, 0.05) is 32.2 Å². The van der Waals surface area contributed by atoms with Crippen molar-refractivity contribution < 1.29 is 14.3 Å². The molecule has 1 aromatic rings. The second-order valence-corrected chi connectivity index (χ2v) is 8.50. The van der Waals surface area contributed by atoms with Gasteiger partial charge in [0.1, 0.15) is 0 Å². The van der Waals surface area contributed by atoms with E-state index >= 15 is 0 Å². The highest BCUT2D eigenvalue weighted by atomic mass is 16.5. The van der Waals surface area contributed by atoms with Crippen molar-refractivity contribution in [3.05, 3.63) is 11.9 Å². The van der Waals surface area contributed by atoms with E-state index in [0.717, 1.165) is 38.8 Å². The van der Waals surface area contributed by atoms with Crippen molar-refractivity contribution in [2.24, 2.45) is 5.41 Å². The number of hydrogen-bond donors (Lipinski definition) is 1. The van der Waals surface area contributed by atoms with E-state index in [9.17, 15) is 9.59 Å². The summed E-state index contributed by atoms with van der Waals surface area (Å²) in [7, 11) is 0. The number of amides is 3. The molecule has 3 aliphatic rings. The Bertz CT molecular complexity index is 719. The van der Waals surface area contributed by atoms with Gasteiger partial charge < -0.3 is 19.9 Å². The van der Waals surface area contributed by atoms with Gasteiger partial charge in [0.15, 0.2) is 5.69 Å². The number of urea groups is 1. The van der Waals surface area contributed by atoms with Gasteiger partial charge in [-0.25, -0.2) is 9.48 Å². The average Bonchev–Trinajstić information content (AvgIpc) is 3.16.